The van der Waals surface area contributed by atoms with E-state index >= 15 is 0 Å². The summed E-state index contributed by atoms with van der Waals surface area (Å²) in [4.78, 5) is 14.5. The molecule has 0 aromatic heterocycles. The van der Waals surface area contributed by atoms with Gasteiger partial charge in [0.1, 0.15) is 5.41 Å². The topological polar surface area (TPSA) is 56.1 Å². The Bertz CT molecular complexity index is 529. The van der Waals surface area contributed by atoms with Gasteiger partial charge < -0.3 is 5.32 Å². The maximum absolute atomic E-state index is 12.3. The molecule has 1 amide bonds. The molecule has 4 nitrogen and oxygen atoms in total. The second-order valence-corrected chi connectivity index (χ2v) is 6.36. The molecule has 1 aliphatic carbocycles. The first-order valence-corrected chi connectivity index (χ1v) is 8.01. The molecule has 1 fully saturated rings. The van der Waals surface area contributed by atoms with Crippen LogP contribution >= 0.6 is 0 Å². The van der Waals surface area contributed by atoms with E-state index in [1.54, 1.807) is 0 Å². The Morgan fingerprint density at radius 3 is 2.59 bits per heavy atom. The number of likely N-dealkylation sites (N-methyl/N-ethyl adjacent to an activating group) is 1. The van der Waals surface area contributed by atoms with Crippen LogP contribution < -0.4 is 5.32 Å². The van der Waals surface area contributed by atoms with E-state index in [1.807, 2.05) is 18.2 Å². The summed E-state index contributed by atoms with van der Waals surface area (Å²) in [6.45, 7) is 3.52. The van der Waals surface area contributed by atoms with E-state index in [1.165, 1.54) is 5.56 Å². The summed E-state index contributed by atoms with van der Waals surface area (Å²) < 4.78 is 0. The van der Waals surface area contributed by atoms with Crippen LogP contribution in [-0.2, 0) is 11.3 Å². The molecule has 0 unspecified atom stereocenters. The van der Waals surface area contributed by atoms with Crippen molar-refractivity contribution >= 4 is 5.91 Å². The minimum absolute atomic E-state index is 0.0903. The molecular weight excluding hydrogens is 274 g/mol. The summed E-state index contributed by atoms with van der Waals surface area (Å²) in [5, 5.41) is 12.3. The molecule has 0 saturated heterocycles. The van der Waals surface area contributed by atoms with Crippen molar-refractivity contribution in [1.82, 2.24) is 10.2 Å². The number of nitriles is 1. The Labute approximate surface area is 133 Å². The zero-order valence-corrected chi connectivity index (χ0v) is 13.5. The number of benzene rings is 1. The summed E-state index contributed by atoms with van der Waals surface area (Å²) in [5.74, 6) is -0.0903. The second kappa shape index (κ2) is 7.42. The Hall–Kier alpha value is -1.86. The summed E-state index contributed by atoms with van der Waals surface area (Å²) in [7, 11) is 2.06. The van der Waals surface area contributed by atoms with Crippen molar-refractivity contribution in [2.24, 2.45) is 5.41 Å². The van der Waals surface area contributed by atoms with Gasteiger partial charge in [0.25, 0.3) is 0 Å². The number of carbonyl (C=O) groups excluding carboxylic acids is 1. The van der Waals surface area contributed by atoms with Gasteiger partial charge in [-0.05, 0) is 32.4 Å². The molecule has 1 atom stereocenters. The Morgan fingerprint density at radius 1 is 1.36 bits per heavy atom. The van der Waals surface area contributed by atoms with Gasteiger partial charge in [-0.3, -0.25) is 9.69 Å². The number of nitrogens with one attached hydrogen (secondary N) is 1. The lowest BCUT2D eigenvalue weighted by Crippen LogP contribution is -2.45. The third kappa shape index (κ3) is 3.86. The monoisotopic (exact) mass is 299 g/mol. The summed E-state index contributed by atoms with van der Waals surface area (Å²) in [6, 6.07) is 12.8. The third-order valence-electron chi connectivity index (χ3n) is 4.69. The van der Waals surface area contributed by atoms with Crippen molar-refractivity contribution in [1.29, 1.82) is 5.26 Å². The lowest BCUT2D eigenvalue weighted by atomic mass is 9.87. The van der Waals surface area contributed by atoms with Crippen molar-refractivity contribution in [2.45, 2.75) is 45.2 Å². The Balaban J connectivity index is 1.83. The van der Waals surface area contributed by atoms with Gasteiger partial charge in [-0.2, -0.15) is 5.26 Å². The molecule has 22 heavy (non-hydrogen) atoms. The highest BCUT2D eigenvalue weighted by molar-refractivity contribution is 5.85. The molecule has 118 valence electrons. The maximum Gasteiger partial charge on any atom is 0.240 e. The van der Waals surface area contributed by atoms with Gasteiger partial charge in [-0.25, -0.2) is 0 Å². The number of hydrogen-bond acceptors (Lipinski definition) is 3. The van der Waals surface area contributed by atoms with Crippen LogP contribution in [0.2, 0.25) is 0 Å². The molecule has 1 aromatic carbocycles. The highest BCUT2D eigenvalue weighted by Gasteiger charge is 2.41. The van der Waals surface area contributed by atoms with Crippen molar-refractivity contribution in [2.75, 3.05) is 13.6 Å². The van der Waals surface area contributed by atoms with Crippen LogP contribution in [0.25, 0.3) is 0 Å². The fourth-order valence-corrected chi connectivity index (χ4v) is 2.96. The van der Waals surface area contributed by atoms with Crippen LogP contribution in [0.1, 0.15) is 38.2 Å². The standard InChI is InChI=1S/C18H25N3O/c1-15(21(2)13-16-8-4-3-5-9-16)12-20-17(22)18(14-19)10-6-7-11-18/h3-5,8-9,15H,6-7,10-13H2,1-2H3,(H,20,22)/t15-/m1/s1. The first-order chi connectivity index (χ1) is 10.6. The van der Waals surface area contributed by atoms with Crippen LogP contribution in [0.5, 0.6) is 0 Å². The van der Waals surface area contributed by atoms with Gasteiger partial charge in [0.2, 0.25) is 5.91 Å². The molecule has 0 bridgehead atoms. The number of amides is 1. The average Bonchev–Trinajstić information content (AvgIpc) is 3.03. The van der Waals surface area contributed by atoms with Crippen molar-refractivity contribution in [3.63, 3.8) is 0 Å². The smallest absolute Gasteiger partial charge is 0.240 e. The minimum atomic E-state index is -0.780. The van der Waals surface area contributed by atoms with E-state index < -0.39 is 5.41 Å². The summed E-state index contributed by atoms with van der Waals surface area (Å²) >= 11 is 0. The predicted octanol–water partition coefficient (Wildman–Crippen LogP) is 2.71. The summed E-state index contributed by atoms with van der Waals surface area (Å²) in [5.41, 5.74) is 0.477. The van der Waals surface area contributed by atoms with Crippen LogP contribution in [-0.4, -0.2) is 30.4 Å². The number of nitrogens with zero attached hydrogens (tertiary/aromatic N) is 2. The normalized spacial score (nSPS) is 17.9. The SMILES string of the molecule is C[C@H](CNC(=O)C1(C#N)CCCC1)N(C)Cc1ccccc1. The zero-order valence-electron chi connectivity index (χ0n) is 13.5. The van der Waals surface area contributed by atoms with E-state index in [0.29, 0.717) is 19.4 Å². The molecule has 1 aliphatic rings. The largest absolute Gasteiger partial charge is 0.353 e. The predicted molar refractivity (Wildman–Crippen MR) is 86.9 cm³/mol. The average molecular weight is 299 g/mol. The zero-order chi connectivity index (χ0) is 16.0. The van der Waals surface area contributed by atoms with E-state index in [4.69, 9.17) is 0 Å². The molecule has 1 saturated carbocycles. The van der Waals surface area contributed by atoms with Crippen LogP contribution in [0.15, 0.2) is 30.3 Å². The second-order valence-electron chi connectivity index (χ2n) is 6.36. The molecule has 0 radical (unpaired) electrons. The van der Waals surface area contributed by atoms with Crippen LogP contribution in [0.4, 0.5) is 0 Å². The maximum atomic E-state index is 12.3. The van der Waals surface area contributed by atoms with Gasteiger partial charge in [0.15, 0.2) is 0 Å². The molecule has 2 rings (SSSR count). The lowest BCUT2D eigenvalue weighted by molar-refractivity contribution is -0.128. The van der Waals surface area contributed by atoms with Gasteiger partial charge in [0.05, 0.1) is 6.07 Å². The fraction of sp³-hybridized carbons (Fsp3) is 0.556. The first kappa shape index (κ1) is 16.5. The van der Waals surface area contributed by atoms with E-state index in [2.05, 4.69) is 42.4 Å². The fourth-order valence-electron chi connectivity index (χ4n) is 2.96. The first-order valence-electron chi connectivity index (χ1n) is 8.01. The van der Waals surface area contributed by atoms with Gasteiger partial charge in [-0.1, -0.05) is 43.2 Å². The highest BCUT2D eigenvalue weighted by atomic mass is 16.2. The van der Waals surface area contributed by atoms with Gasteiger partial charge in [0, 0.05) is 19.1 Å². The molecule has 1 N–H and O–H groups in total. The number of hydrogen-bond donors (Lipinski definition) is 1. The molecular formula is C18H25N3O. The third-order valence-corrected chi connectivity index (χ3v) is 4.69. The highest BCUT2D eigenvalue weighted by Crippen LogP contribution is 2.37. The molecule has 1 aromatic rings. The number of carbonyl (C=O) groups is 1. The van der Waals surface area contributed by atoms with Crippen molar-refractivity contribution in [3.05, 3.63) is 35.9 Å². The Kier molecular flexibility index (Phi) is 5.57. The van der Waals surface area contributed by atoms with Crippen molar-refractivity contribution < 1.29 is 4.79 Å². The Morgan fingerprint density at radius 2 is 2.00 bits per heavy atom. The molecule has 0 heterocycles. The molecule has 0 aliphatic heterocycles. The van der Waals surface area contributed by atoms with Gasteiger partial charge >= 0.3 is 0 Å². The van der Waals surface area contributed by atoms with E-state index in [-0.39, 0.29) is 11.9 Å². The molecule has 0 spiro atoms. The minimum Gasteiger partial charge on any atom is -0.353 e. The summed E-state index contributed by atoms with van der Waals surface area (Å²) in [6.07, 6.45) is 3.35. The lowest BCUT2D eigenvalue weighted by Gasteiger charge is -2.27. The molecule has 4 heteroatoms. The van der Waals surface area contributed by atoms with Crippen LogP contribution in [0, 0.1) is 16.7 Å². The number of rotatable bonds is 6. The van der Waals surface area contributed by atoms with E-state index in [9.17, 15) is 10.1 Å². The van der Waals surface area contributed by atoms with E-state index in [0.717, 1.165) is 19.4 Å². The quantitative estimate of drug-likeness (QED) is 0.878. The van der Waals surface area contributed by atoms with Crippen molar-refractivity contribution in [3.8, 4) is 6.07 Å². The van der Waals surface area contributed by atoms with Crippen LogP contribution in [0.3, 0.4) is 0 Å². The van der Waals surface area contributed by atoms with Gasteiger partial charge in [-0.15, -0.1) is 0 Å².